The molecule has 0 aromatic carbocycles. The van der Waals surface area contributed by atoms with Gasteiger partial charge in [0, 0.05) is 48.4 Å². The van der Waals surface area contributed by atoms with E-state index in [1.165, 1.54) is 0 Å². The number of carbonyl (C=O) groups is 1. The number of rotatable bonds is 5. The Morgan fingerprint density at radius 3 is 2.61 bits per heavy atom. The van der Waals surface area contributed by atoms with Crippen LogP contribution in [0.1, 0.15) is 24.2 Å². The summed E-state index contributed by atoms with van der Waals surface area (Å²) in [5, 5.41) is 15.7. The second-order valence-corrected chi connectivity index (χ2v) is 7.60. The lowest BCUT2D eigenvalue weighted by Gasteiger charge is -2.27. The molecule has 3 aromatic heterocycles. The Hall–Kier alpha value is -2.64. The lowest BCUT2D eigenvalue weighted by atomic mass is 9.90. The number of aliphatic hydroxyl groups excluding tert-OH is 1. The smallest absolute Gasteiger partial charge is 0.142 e. The van der Waals surface area contributed by atoms with Crippen molar-refractivity contribution >= 4 is 16.6 Å². The zero-order valence-electron chi connectivity index (χ0n) is 16.3. The summed E-state index contributed by atoms with van der Waals surface area (Å²) in [6.07, 6.45) is 7.50. The number of piperidine rings is 1. The maximum atomic E-state index is 12.7. The Labute approximate surface area is 164 Å². The SMILES string of the molecule is CN1CCC(C(=O)Cc2cc3cc(-c4cnn(C)c4CO)ncc3cn2)CC1. The predicted molar refractivity (Wildman–Crippen MR) is 107 cm³/mol. The van der Waals surface area contributed by atoms with Crippen molar-refractivity contribution in [3.05, 3.63) is 42.1 Å². The van der Waals surface area contributed by atoms with Crippen LogP contribution >= 0.6 is 0 Å². The Morgan fingerprint density at radius 1 is 1.11 bits per heavy atom. The monoisotopic (exact) mass is 379 g/mol. The molecule has 1 aliphatic rings. The summed E-state index contributed by atoms with van der Waals surface area (Å²) in [6, 6.07) is 3.94. The van der Waals surface area contributed by atoms with Gasteiger partial charge in [0.05, 0.1) is 24.2 Å². The van der Waals surface area contributed by atoms with E-state index >= 15 is 0 Å². The summed E-state index contributed by atoms with van der Waals surface area (Å²) in [7, 11) is 3.90. The minimum atomic E-state index is -0.0990. The van der Waals surface area contributed by atoms with E-state index < -0.39 is 0 Å². The van der Waals surface area contributed by atoms with Crippen molar-refractivity contribution in [1.82, 2.24) is 24.6 Å². The standard InChI is InChI=1S/C21H25N5O2/c1-25-5-3-14(4-6-25)21(28)9-17-7-15-8-19(23-11-16(15)10-22-17)18-12-24-26(2)20(18)13-27/h7-8,10-12,14,27H,3-6,9,13H2,1-2H3. The van der Waals surface area contributed by atoms with Crippen molar-refractivity contribution < 1.29 is 9.90 Å². The van der Waals surface area contributed by atoms with E-state index in [9.17, 15) is 9.90 Å². The number of ketones is 1. The van der Waals surface area contributed by atoms with E-state index in [4.69, 9.17) is 0 Å². The largest absolute Gasteiger partial charge is 0.390 e. The summed E-state index contributed by atoms with van der Waals surface area (Å²) in [6.45, 7) is 1.86. The minimum absolute atomic E-state index is 0.0990. The molecule has 0 saturated carbocycles. The third-order valence-electron chi connectivity index (χ3n) is 5.68. The summed E-state index contributed by atoms with van der Waals surface area (Å²) < 4.78 is 1.65. The fraction of sp³-hybridized carbons (Fsp3) is 0.429. The third kappa shape index (κ3) is 3.68. The summed E-state index contributed by atoms with van der Waals surface area (Å²) in [5.41, 5.74) is 3.08. The van der Waals surface area contributed by atoms with E-state index in [0.717, 1.165) is 59.3 Å². The molecule has 146 valence electrons. The molecule has 7 nitrogen and oxygen atoms in total. The highest BCUT2D eigenvalue weighted by atomic mass is 16.3. The average molecular weight is 379 g/mol. The van der Waals surface area contributed by atoms with Gasteiger partial charge in [-0.3, -0.25) is 19.4 Å². The number of hydrogen-bond donors (Lipinski definition) is 1. The molecule has 3 aromatic rings. The number of carbonyl (C=O) groups excluding carboxylic acids is 1. The van der Waals surface area contributed by atoms with Crippen LogP contribution in [0, 0.1) is 5.92 Å². The number of nitrogens with zero attached hydrogens (tertiary/aromatic N) is 5. The van der Waals surface area contributed by atoms with E-state index in [1.807, 2.05) is 12.1 Å². The number of aliphatic hydroxyl groups is 1. The van der Waals surface area contributed by atoms with Gasteiger partial charge in [0.2, 0.25) is 0 Å². The molecule has 0 unspecified atom stereocenters. The van der Waals surface area contributed by atoms with E-state index in [0.29, 0.717) is 6.42 Å². The fourth-order valence-electron chi connectivity index (χ4n) is 3.85. The molecule has 1 N–H and O–H groups in total. The Balaban J connectivity index is 1.58. The number of Topliss-reactive ketones (excluding diaryl/α,β-unsaturated/α-hetero) is 1. The zero-order chi connectivity index (χ0) is 19.7. The van der Waals surface area contributed by atoms with Crippen LogP contribution in [0.5, 0.6) is 0 Å². The maximum absolute atomic E-state index is 12.7. The highest BCUT2D eigenvalue weighted by Gasteiger charge is 2.23. The molecule has 7 heteroatoms. The molecule has 4 rings (SSSR count). The predicted octanol–water partition coefficient (Wildman–Crippen LogP) is 1.98. The van der Waals surface area contributed by atoms with Gasteiger partial charge in [0.15, 0.2) is 0 Å². The van der Waals surface area contributed by atoms with Gasteiger partial charge in [-0.15, -0.1) is 0 Å². The van der Waals surface area contributed by atoms with Crippen LogP contribution in [0.2, 0.25) is 0 Å². The zero-order valence-corrected chi connectivity index (χ0v) is 16.3. The molecular formula is C21H25N5O2. The van der Waals surface area contributed by atoms with Gasteiger partial charge in [0.25, 0.3) is 0 Å². The van der Waals surface area contributed by atoms with Gasteiger partial charge in [-0.2, -0.15) is 5.10 Å². The Kier molecular flexibility index (Phi) is 5.19. The lowest BCUT2D eigenvalue weighted by Crippen LogP contribution is -2.34. The van der Waals surface area contributed by atoms with Crippen molar-refractivity contribution in [2.24, 2.45) is 13.0 Å². The van der Waals surface area contributed by atoms with Crippen LogP contribution in [0.4, 0.5) is 0 Å². The maximum Gasteiger partial charge on any atom is 0.142 e. The molecule has 0 radical (unpaired) electrons. The van der Waals surface area contributed by atoms with E-state index in [-0.39, 0.29) is 18.3 Å². The first-order valence-corrected chi connectivity index (χ1v) is 9.63. The van der Waals surface area contributed by atoms with Crippen molar-refractivity contribution in [2.45, 2.75) is 25.9 Å². The van der Waals surface area contributed by atoms with Crippen LogP contribution in [0.15, 0.2) is 30.7 Å². The van der Waals surface area contributed by atoms with Gasteiger partial charge in [-0.1, -0.05) is 0 Å². The minimum Gasteiger partial charge on any atom is -0.390 e. The second-order valence-electron chi connectivity index (χ2n) is 7.60. The number of aromatic nitrogens is 4. The Bertz CT molecular complexity index is 1010. The van der Waals surface area contributed by atoms with Crippen LogP contribution in [-0.2, 0) is 24.9 Å². The topological polar surface area (TPSA) is 84.1 Å². The van der Waals surface area contributed by atoms with Crippen molar-refractivity contribution in [1.29, 1.82) is 0 Å². The summed E-state index contributed by atoms with van der Waals surface area (Å²) in [5.74, 6) is 0.424. The van der Waals surface area contributed by atoms with Gasteiger partial charge in [-0.25, -0.2) is 0 Å². The number of aryl methyl sites for hydroxylation is 1. The number of fused-ring (bicyclic) bond motifs is 1. The van der Waals surface area contributed by atoms with Crippen LogP contribution in [0.3, 0.4) is 0 Å². The summed E-state index contributed by atoms with van der Waals surface area (Å²) in [4.78, 5) is 23.9. The molecule has 1 aliphatic heterocycles. The highest BCUT2D eigenvalue weighted by molar-refractivity contribution is 5.87. The molecule has 0 bridgehead atoms. The van der Waals surface area contributed by atoms with Gasteiger partial charge < -0.3 is 10.0 Å². The second kappa shape index (κ2) is 7.77. The number of hydrogen-bond acceptors (Lipinski definition) is 6. The fourth-order valence-corrected chi connectivity index (χ4v) is 3.85. The van der Waals surface area contributed by atoms with E-state index in [1.54, 1.807) is 30.3 Å². The van der Waals surface area contributed by atoms with Crippen LogP contribution in [-0.4, -0.2) is 55.7 Å². The van der Waals surface area contributed by atoms with E-state index in [2.05, 4.69) is 27.0 Å². The number of pyridine rings is 2. The molecule has 28 heavy (non-hydrogen) atoms. The first-order chi connectivity index (χ1) is 13.5. The molecular weight excluding hydrogens is 354 g/mol. The average Bonchev–Trinajstić information content (AvgIpc) is 3.08. The Morgan fingerprint density at radius 2 is 1.86 bits per heavy atom. The molecule has 0 spiro atoms. The molecule has 0 aliphatic carbocycles. The molecule has 0 atom stereocenters. The normalized spacial score (nSPS) is 16.0. The molecule has 1 saturated heterocycles. The van der Waals surface area contributed by atoms with Crippen LogP contribution < -0.4 is 0 Å². The van der Waals surface area contributed by atoms with Gasteiger partial charge in [-0.05, 0) is 50.5 Å². The first kappa shape index (κ1) is 18.7. The highest BCUT2D eigenvalue weighted by Crippen LogP contribution is 2.25. The van der Waals surface area contributed by atoms with Crippen molar-refractivity contribution in [3.8, 4) is 11.3 Å². The van der Waals surface area contributed by atoms with Crippen LogP contribution in [0.25, 0.3) is 22.0 Å². The van der Waals surface area contributed by atoms with Crippen molar-refractivity contribution in [3.63, 3.8) is 0 Å². The van der Waals surface area contributed by atoms with Gasteiger partial charge in [0.1, 0.15) is 5.78 Å². The molecule has 0 amide bonds. The lowest BCUT2D eigenvalue weighted by molar-refractivity contribution is -0.123. The van der Waals surface area contributed by atoms with Gasteiger partial charge >= 0.3 is 0 Å². The van der Waals surface area contributed by atoms with Crippen molar-refractivity contribution in [2.75, 3.05) is 20.1 Å². The third-order valence-corrected chi connectivity index (χ3v) is 5.68. The summed E-state index contributed by atoms with van der Waals surface area (Å²) >= 11 is 0. The number of likely N-dealkylation sites (tertiary alicyclic amines) is 1. The molecule has 1 fully saturated rings. The molecule has 4 heterocycles. The first-order valence-electron chi connectivity index (χ1n) is 9.63. The quantitative estimate of drug-likeness (QED) is 0.730.